The lowest BCUT2D eigenvalue weighted by Crippen LogP contribution is -2.39. The zero-order chi connectivity index (χ0) is 14.8. The van der Waals surface area contributed by atoms with Crippen LogP contribution in [0.4, 0.5) is 0 Å². The van der Waals surface area contributed by atoms with Crippen molar-refractivity contribution in [2.75, 3.05) is 13.1 Å². The normalized spacial score (nSPS) is 18.7. The molecule has 0 radical (unpaired) electrons. The summed E-state index contributed by atoms with van der Waals surface area (Å²) >= 11 is 0. The number of phenolic OH excluding ortho intramolecular Hbond substituents is 1. The second-order valence-electron chi connectivity index (χ2n) is 5.39. The second kappa shape index (κ2) is 5.55. The van der Waals surface area contributed by atoms with Crippen molar-refractivity contribution < 1.29 is 9.90 Å². The molecular weight excluding hydrogens is 268 g/mol. The van der Waals surface area contributed by atoms with Gasteiger partial charge in [0.2, 0.25) is 0 Å². The molecule has 1 aromatic carbocycles. The topological polar surface area (TPSA) is 82.1 Å². The Morgan fingerprint density at radius 2 is 2.24 bits per heavy atom. The molecule has 21 heavy (non-hydrogen) atoms. The number of aromatic nitrogens is 3. The van der Waals surface area contributed by atoms with Gasteiger partial charge in [-0.05, 0) is 31.9 Å². The number of H-pyrrole nitrogens is 1. The number of hydrogen-bond donors (Lipinski definition) is 2. The molecule has 1 aliphatic rings. The van der Waals surface area contributed by atoms with Crippen LogP contribution < -0.4 is 0 Å². The first-order chi connectivity index (χ1) is 10.1. The minimum atomic E-state index is -0.134. The minimum Gasteiger partial charge on any atom is -0.507 e. The zero-order valence-corrected chi connectivity index (χ0v) is 11.9. The number of amides is 1. The van der Waals surface area contributed by atoms with Gasteiger partial charge in [0.05, 0.1) is 5.56 Å². The number of piperidine rings is 1. The van der Waals surface area contributed by atoms with Crippen molar-refractivity contribution in [3.8, 4) is 5.75 Å². The summed E-state index contributed by atoms with van der Waals surface area (Å²) in [4.78, 5) is 18.7. The van der Waals surface area contributed by atoms with Crippen molar-refractivity contribution in [2.45, 2.75) is 25.7 Å². The molecule has 1 aliphatic heterocycles. The van der Waals surface area contributed by atoms with Crippen LogP contribution in [0.15, 0.2) is 24.3 Å². The number of aromatic hydroxyl groups is 1. The van der Waals surface area contributed by atoms with Crippen LogP contribution in [-0.4, -0.2) is 44.2 Å². The van der Waals surface area contributed by atoms with Gasteiger partial charge in [-0.25, -0.2) is 4.98 Å². The molecule has 6 nitrogen and oxygen atoms in total. The Hall–Kier alpha value is -2.37. The number of rotatable bonds is 2. The molecule has 0 unspecified atom stereocenters. The Kier molecular flexibility index (Phi) is 3.60. The lowest BCUT2D eigenvalue weighted by molar-refractivity contribution is 0.0701. The van der Waals surface area contributed by atoms with Crippen molar-refractivity contribution in [2.24, 2.45) is 0 Å². The highest BCUT2D eigenvalue weighted by atomic mass is 16.3. The molecule has 1 saturated heterocycles. The largest absolute Gasteiger partial charge is 0.507 e. The number of hydrogen-bond acceptors (Lipinski definition) is 4. The van der Waals surface area contributed by atoms with Crippen molar-refractivity contribution in [1.29, 1.82) is 0 Å². The maximum atomic E-state index is 12.5. The van der Waals surface area contributed by atoms with Crippen LogP contribution in [0.1, 0.15) is 40.8 Å². The predicted octanol–water partition coefficient (Wildman–Crippen LogP) is 1.84. The van der Waals surface area contributed by atoms with Crippen LogP contribution in [0.2, 0.25) is 0 Å². The number of para-hydroxylation sites is 1. The van der Waals surface area contributed by atoms with Crippen molar-refractivity contribution in [1.82, 2.24) is 20.1 Å². The Bertz CT molecular complexity index is 653. The Morgan fingerprint density at radius 3 is 2.95 bits per heavy atom. The highest BCUT2D eigenvalue weighted by Crippen LogP contribution is 2.27. The van der Waals surface area contributed by atoms with E-state index in [0.29, 0.717) is 18.7 Å². The van der Waals surface area contributed by atoms with E-state index in [1.54, 1.807) is 23.1 Å². The number of carbonyl (C=O) groups excluding carboxylic acids is 1. The number of carbonyl (C=O) groups is 1. The number of likely N-dealkylation sites (tertiary alicyclic amines) is 1. The lowest BCUT2D eigenvalue weighted by atomic mass is 9.96. The fourth-order valence-electron chi connectivity index (χ4n) is 2.74. The molecule has 6 heteroatoms. The average molecular weight is 286 g/mol. The summed E-state index contributed by atoms with van der Waals surface area (Å²) in [5.74, 6) is 1.60. The fraction of sp³-hybridized carbons (Fsp3) is 0.400. The number of nitrogens with zero attached hydrogens (tertiary/aromatic N) is 3. The number of aromatic amines is 1. The van der Waals surface area contributed by atoms with Gasteiger partial charge in [0.1, 0.15) is 11.6 Å². The summed E-state index contributed by atoms with van der Waals surface area (Å²) in [6, 6.07) is 6.65. The molecule has 2 aromatic rings. The Labute approximate surface area is 122 Å². The SMILES string of the molecule is Cc1nc([C@@H]2CCCN(C(=O)c3ccccc3O)C2)n[nH]1. The van der Waals surface area contributed by atoms with Crippen LogP contribution >= 0.6 is 0 Å². The van der Waals surface area contributed by atoms with E-state index < -0.39 is 0 Å². The zero-order valence-electron chi connectivity index (χ0n) is 11.9. The molecule has 1 atom stereocenters. The number of phenols is 1. The van der Waals surface area contributed by atoms with Gasteiger partial charge in [-0.3, -0.25) is 9.89 Å². The molecule has 1 aromatic heterocycles. The molecule has 0 aliphatic carbocycles. The third kappa shape index (κ3) is 2.74. The molecule has 1 amide bonds. The molecule has 0 bridgehead atoms. The maximum Gasteiger partial charge on any atom is 0.257 e. The minimum absolute atomic E-state index is 0.0263. The van der Waals surface area contributed by atoms with Gasteiger partial charge in [0, 0.05) is 19.0 Å². The third-order valence-electron chi connectivity index (χ3n) is 3.82. The summed E-state index contributed by atoms with van der Waals surface area (Å²) in [5, 5.41) is 16.9. The Balaban J connectivity index is 1.77. The first kappa shape index (κ1) is 13.6. The Morgan fingerprint density at radius 1 is 1.43 bits per heavy atom. The number of benzene rings is 1. The summed E-state index contributed by atoms with van der Waals surface area (Å²) < 4.78 is 0. The van der Waals surface area contributed by atoms with Crippen molar-refractivity contribution in [3.05, 3.63) is 41.5 Å². The quantitative estimate of drug-likeness (QED) is 0.882. The lowest BCUT2D eigenvalue weighted by Gasteiger charge is -2.31. The van der Waals surface area contributed by atoms with Gasteiger partial charge in [0.25, 0.3) is 5.91 Å². The standard InChI is InChI=1S/C15H18N4O2/c1-10-16-14(18-17-10)11-5-4-8-19(9-11)15(21)12-6-2-3-7-13(12)20/h2-3,6-7,11,20H,4-5,8-9H2,1H3,(H,16,17,18)/t11-/m1/s1. The molecule has 2 N–H and O–H groups in total. The van der Waals surface area contributed by atoms with Gasteiger partial charge in [-0.2, -0.15) is 5.10 Å². The summed E-state index contributed by atoms with van der Waals surface area (Å²) in [6.45, 7) is 3.15. The van der Waals surface area contributed by atoms with E-state index in [1.807, 2.05) is 6.92 Å². The van der Waals surface area contributed by atoms with Crippen LogP contribution in [0.25, 0.3) is 0 Å². The summed E-state index contributed by atoms with van der Waals surface area (Å²) in [6.07, 6.45) is 1.89. The molecule has 110 valence electrons. The van der Waals surface area contributed by atoms with Crippen LogP contribution in [0.5, 0.6) is 5.75 Å². The van der Waals surface area contributed by atoms with Crippen LogP contribution in [-0.2, 0) is 0 Å². The average Bonchev–Trinajstić information content (AvgIpc) is 2.94. The highest BCUT2D eigenvalue weighted by molar-refractivity contribution is 5.96. The van der Waals surface area contributed by atoms with Gasteiger partial charge >= 0.3 is 0 Å². The first-order valence-corrected chi connectivity index (χ1v) is 7.11. The third-order valence-corrected chi connectivity index (χ3v) is 3.82. The number of aryl methyl sites for hydroxylation is 1. The maximum absolute atomic E-state index is 12.5. The van der Waals surface area contributed by atoms with E-state index in [0.717, 1.165) is 24.5 Å². The van der Waals surface area contributed by atoms with Crippen molar-refractivity contribution in [3.63, 3.8) is 0 Å². The molecule has 0 spiro atoms. The van der Waals surface area contributed by atoms with E-state index in [9.17, 15) is 9.90 Å². The molecule has 1 fully saturated rings. The van der Waals surface area contributed by atoms with Crippen molar-refractivity contribution >= 4 is 5.91 Å². The summed E-state index contributed by atoms with van der Waals surface area (Å²) in [7, 11) is 0. The smallest absolute Gasteiger partial charge is 0.257 e. The fourth-order valence-corrected chi connectivity index (χ4v) is 2.74. The van der Waals surface area contributed by atoms with E-state index in [-0.39, 0.29) is 17.6 Å². The number of nitrogens with one attached hydrogen (secondary N) is 1. The molecular formula is C15H18N4O2. The van der Waals surface area contributed by atoms with Gasteiger partial charge < -0.3 is 10.0 Å². The molecule has 0 saturated carbocycles. The van der Waals surface area contributed by atoms with E-state index >= 15 is 0 Å². The predicted molar refractivity (Wildman–Crippen MR) is 77.1 cm³/mol. The monoisotopic (exact) mass is 286 g/mol. The summed E-state index contributed by atoms with van der Waals surface area (Å²) in [5.41, 5.74) is 0.351. The van der Waals surface area contributed by atoms with Crippen LogP contribution in [0.3, 0.4) is 0 Å². The highest BCUT2D eigenvalue weighted by Gasteiger charge is 2.28. The van der Waals surface area contributed by atoms with E-state index in [4.69, 9.17) is 0 Å². The van der Waals surface area contributed by atoms with Gasteiger partial charge in [-0.15, -0.1) is 0 Å². The second-order valence-corrected chi connectivity index (χ2v) is 5.39. The molecule has 2 heterocycles. The van der Waals surface area contributed by atoms with E-state index in [2.05, 4.69) is 15.2 Å². The first-order valence-electron chi connectivity index (χ1n) is 7.11. The van der Waals surface area contributed by atoms with Gasteiger partial charge in [0.15, 0.2) is 5.82 Å². The molecule has 3 rings (SSSR count). The van der Waals surface area contributed by atoms with E-state index in [1.165, 1.54) is 6.07 Å². The van der Waals surface area contributed by atoms with Crippen LogP contribution in [0, 0.1) is 6.92 Å². The van der Waals surface area contributed by atoms with Gasteiger partial charge in [-0.1, -0.05) is 12.1 Å².